The lowest BCUT2D eigenvalue weighted by molar-refractivity contribution is -0.127. The summed E-state index contributed by atoms with van der Waals surface area (Å²) in [6, 6.07) is 8.17. The van der Waals surface area contributed by atoms with Gasteiger partial charge in [0, 0.05) is 37.1 Å². The molecule has 0 spiro atoms. The maximum absolute atomic E-state index is 11.6. The number of amides is 1. The third-order valence-corrected chi connectivity index (χ3v) is 4.21. The topological polar surface area (TPSA) is 56.7 Å². The van der Waals surface area contributed by atoms with E-state index in [1.54, 1.807) is 0 Å². The van der Waals surface area contributed by atoms with Crippen molar-refractivity contribution in [3.8, 4) is 0 Å². The van der Waals surface area contributed by atoms with Gasteiger partial charge in [0.25, 0.3) is 0 Å². The quantitative estimate of drug-likeness (QED) is 0.434. The third-order valence-electron chi connectivity index (χ3n) is 3.72. The second-order valence-electron chi connectivity index (χ2n) is 5.59. The number of hydrogen-bond acceptors (Lipinski definition) is 2. The van der Waals surface area contributed by atoms with E-state index in [0.29, 0.717) is 18.9 Å². The summed E-state index contributed by atoms with van der Waals surface area (Å²) in [6.07, 6.45) is 2.65. The first-order valence-electron chi connectivity index (χ1n) is 8.23. The summed E-state index contributed by atoms with van der Waals surface area (Å²) < 4.78 is 1.07. The molecule has 0 aromatic heterocycles. The fourth-order valence-electron chi connectivity index (χ4n) is 2.56. The standard InChI is InChI=1S/C17H25BrN4O/c1-2-19-17(21-13-14-6-3-7-15(18)12-14)20-9-5-11-22-10-4-8-16(22)23/h3,6-7,12H,2,4-5,8-11,13H2,1H3,(H2,19,20,21). The molecule has 23 heavy (non-hydrogen) atoms. The van der Waals surface area contributed by atoms with Crippen molar-refractivity contribution in [2.24, 2.45) is 4.99 Å². The first-order chi connectivity index (χ1) is 11.2. The normalized spacial score (nSPS) is 15.1. The second kappa shape index (κ2) is 9.55. The van der Waals surface area contributed by atoms with Crippen LogP contribution in [0.2, 0.25) is 0 Å². The fourth-order valence-corrected chi connectivity index (χ4v) is 3.01. The summed E-state index contributed by atoms with van der Waals surface area (Å²) in [5.41, 5.74) is 1.17. The number of carbonyl (C=O) groups excluding carboxylic acids is 1. The lowest BCUT2D eigenvalue weighted by Crippen LogP contribution is -2.39. The van der Waals surface area contributed by atoms with Crippen LogP contribution in [0.5, 0.6) is 0 Å². The van der Waals surface area contributed by atoms with Gasteiger partial charge in [0.05, 0.1) is 6.54 Å². The molecule has 0 unspecified atom stereocenters. The molecule has 0 saturated carbocycles. The zero-order chi connectivity index (χ0) is 16.5. The number of carbonyl (C=O) groups is 1. The lowest BCUT2D eigenvalue weighted by atomic mass is 10.2. The summed E-state index contributed by atoms with van der Waals surface area (Å²) in [7, 11) is 0. The van der Waals surface area contributed by atoms with E-state index in [-0.39, 0.29) is 0 Å². The fraction of sp³-hybridized carbons (Fsp3) is 0.529. The lowest BCUT2D eigenvalue weighted by Gasteiger charge is -2.16. The van der Waals surface area contributed by atoms with E-state index in [0.717, 1.165) is 49.5 Å². The molecule has 0 bridgehead atoms. The Labute approximate surface area is 146 Å². The van der Waals surface area contributed by atoms with Crippen molar-refractivity contribution in [2.45, 2.75) is 32.7 Å². The molecule has 1 amide bonds. The molecule has 1 fully saturated rings. The predicted octanol–water partition coefficient (Wildman–Crippen LogP) is 2.52. The smallest absolute Gasteiger partial charge is 0.222 e. The molecule has 1 aliphatic heterocycles. The highest BCUT2D eigenvalue weighted by Gasteiger charge is 2.18. The van der Waals surface area contributed by atoms with Gasteiger partial charge in [-0.25, -0.2) is 4.99 Å². The van der Waals surface area contributed by atoms with Crippen LogP contribution < -0.4 is 10.6 Å². The molecule has 6 heteroatoms. The van der Waals surface area contributed by atoms with Crippen LogP contribution >= 0.6 is 15.9 Å². The highest BCUT2D eigenvalue weighted by molar-refractivity contribution is 9.10. The maximum atomic E-state index is 11.6. The average Bonchev–Trinajstić information content (AvgIpc) is 2.94. The van der Waals surface area contributed by atoms with Gasteiger partial charge in [-0.1, -0.05) is 28.1 Å². The summed E-state index contributed by atoms with van der Waals surface area (Å²) in [6.45, 7) is 6.08. The molecule has 1 aliphatic rings. The largest absolute Gasteiger partial charge is 0.357 e. The first kappa shape index (κ1) is 17.8. The number of nitrogens with one attached hydrogen (secondary N) is 2. The molecule has 5 nitrogen and oxygen atoms in total. The van der Waals surface area contributed by atoms with Crippen molar-refractivity contribution in [3.05, 3.63) is 34.3 Å². The number of guanidine groups is 1. The van der Waals surface area contributed by atoms with Gasteiger partial charge in [-0.15, -0.1) is 0 Å². The van der Waals surface area contributed by atoms with Crippen LogP contribution in [0, 0.1) is 0 Å². The van der Waals surface area contributed by atoms with Crippen LogP contribution in [0.1, 0.15) is 31.7 Å². The molecular weight excluding hydrogens is 356 g/mol. The Morgan fingerprint density at radius 2 is 2.26 bits per heavy atom. The Morgan fingerprint density at radius 3 is 2.96 bits per heavy atom. The Bertz CT molecular complexity index is 547. The number of rotatable bonds is 7. The molecule has 2 rings (SSSR count). The van der Waals surface area contributed by atoms with Crippen molar-refractivity contribution in [3.63, 3.8) is 0 Å². The van der Waals surface area contributed by atoms with Gasteiger partial charge in [-0.05, 0) is 37.5 Å². The van der Waals surface area contributed by atoms with Crippen LogP contribution in [0.25, 0.3) is 0 Å². The van der Waals surface area contributed by atoms with Gasteiger partial charge in [-0.2, -0.15) is 0 Å². The summed E-state index contributed by atoms with van der Waals surface area (Å²) >= 11 is 3.48. The van der Waals surface area contributed by atoms with Crippen molar-refractivity contribution in [2.75, 3.05) is 26.2 Å². The van der Waals surface area contributed by atoms with Gasteiger partial charge in [-0.3, -0.25) is 4.79 Å². The van der Waals surface area contributed by atoms with Crippen LogP contribution in [0.3, 0.4) is 0 Å². The van der Waals surface area contributed by atoms with E-state index in [4.69, 9.17) is 0 Å². The molecule has 2 N–H and O–H groups in total. The molecule has 1 heterocycles. The van der Waals surface area contributed by atoms with Crippen molar-refractivity contribution in [1.29, 1.82) is 0 Å². The Kier molecular flexibility index (Phi) is 7.39. The minimum absolute atomic E-state index is 0.292. The molecular formula is C17H25BrN4O. The monoisotopic (exact) mass is 380 g/mol. The summed E-state index contributed by atoms with van der Waals surface area (Å²) in [5.74, 6) is 1.11. The number of halogens is 1. The van der Waals surface area contributed by atoms with Crippen molar-refractivity contribution < 1.29 is 4.79 Å². The number of aliphatic imine (C=N–C) groups is 1. The summed E-state index contributed by atoms with van der Waals surface area (Å²) in [4.78, 5) is 18.1. The van der Waals surface area contributed by atoms with E-state index < -0.39 is 0 Å². The van der Waals surface area contributed by atoms with Crippen LogP contribution in [-0.4, -0.2) is 42.9 Å². The SMILES string of the molecule is CCNC(=NCc1cccc(Br)c1)NCCCN1CCCC1=O. The molecule has 0 radical (unpaired) electrons. The van der Waals surface area contributed by atoms with Crippen molar-refractivity contribution >= 4 is 27.8 Å². The molecule has 1 aromatic carbocycles. The zero-order valence-electron chi connectivity index (χ0n) is 13.6. The predicted molar refractivity (Wildman–Crippen MR) is 97.4 cm³/mol. The van der Waals surface area contributed by atoms with E-state index in [2.05, 4.69) is 50.6 Å². The van der Waals surface area contributed by atoms with Gasteiger partial charge in [0.15, 0.2) is 5.96 Å². The van der Waals surface area contributed by atoms with E-state index >= 15 is 0 Å². The van der Waals surface area contributed by atoms with E-state index in [1.807, 2.05) is 17.0 Å². The van der Waals surface area contributed by atoms with Gasteiger partial charge >= 0.3 is 0 Å². The molecule has 1 aromatic rings. The second-order valence-corrected chi connectivity index (χ2v) is 6.51. The highest BCUT2D eigenvalue weighted by Crippen LogP contribution is 2.12. The third kappa shape index (κ3) is 6.22. The number of hydrogen-bond donors (Lipinski definition) is 2. The van der Waals surface area contributed by atoms with Crippen LogP contribution in [-0.2, 0) is 11.3 Å². The minimum Gasteiger partial charge on any atom is -0.357 e. The average molecular weight is 381 g/mol. The minimum atomic E-state index is 0.292. The molecule has 0 aliphatic carbocycles. The maximum Gasteiger partial charge on any atom is 0.222 e. The van der Waals surface area contributed by atoms with Crippen LogP contribution in [0.15, 0.2) is 33.7 Å². The van der Waals surface area contributed by atoms with E-state index in [9.17, 15) is 4.79 Å². The zero-order valence-corrected chi connectivity index (χ0v) is 15.2. The molecule has 1 saturated heterocycles. The number of benzene rings is 1. The molecule has 0 atom stereocenters. The van der Waals surface area contributed by atoms with Gasteiger partial charge < -0.3 is 15.5 Å². The number of likely N-dealkylation sites (tertiary alicyclic amines) is 1. The Hall–Kier alpha value is -1.56. The number of nitrogens with zero attached hydrogens (tertiary/aromatic N) is 2. The summed E-state index contributed by atoms with van der Waals surface area (Å²) in [5, 5.41) is 6.58. The Balaban J connectivity index is 1.76. The highest BCUT2D eigenvalue weighted by atomic mass is 79.9. The first-order valence-corrected chi connectivity index (χ1v) is 9.02. The Morgan fingerprint density at radius 1 is 1.39 bits per heavy atom. The van der Waals surface area contributed by atoms with Crippen LogP contribution in [0.4, 0.5) is 0 Å². The molecule has 126 valence electrons. The van der Waals surface area contributed by atoms with Crippen molar-refractivity contribution in [1.82, 2.24) is 15.5 Å². The van der Waals surface area contributed by atoms with E-state index in [1.165, 1.54) is 5.56 Å². The van der Waals surface area contributed by atoms with Gasteiger partial charge in [0.2, 0.25) is 5.91 Å². The van der Waals surface area contributed by atoms with Gasteiger partial charge in [0.1, 0.15) is 0 Å².